The molecule has 146 valence electrons. The van der Waals surface area contributed by atoms with Crippen LogP contribution in [0.15, 0.2) is 23.1 Å². The molecule has 1 aromatic rings. The summed E-state index contributed by atoms with van der Waals surface area (Å²) in [4.78, 5) is 12.5. The molecule has 1 heterocycles. The van der Waals surface area contributed by atoms with Gasteiger partial charge in [-0.25, -0.2) is 8.42 Å². The Morgan fingerprint density at radius 3 is 2.69 bits per heavy atom. The fourth-order valence-corrected chi connectivity index (χ4v) is 4.01. The molecule has 0 atom stereocenters. The van der Waals surface area contributed by atoms with Gasteiger partial charge in [0.15, 0.2) is 0 Å². The topological polar surface area (TPSA) is 94.2 Å². The van der Waals surface area contributed by atoms with Crippen molar-refractivity contribution in [3.8, 4) is 5.75 Å². The number of nitrogens with zero attached hydrogens (tertiary/aromatic N) is 1. The van der Waals surface area contributed by atoms with Crippen LogP contribution in [0.3, 0.4) is 0 Å². The van der Waals surface area contributed by atoms with Gasteiger partial charge < -0.3 is 19.5 Å². The molecule has 26 heavy (non-hydrogen) atoms. The molecule has 1 saturated heterocycles. The molecule has 0 aliphatic carbocycles. The fraction of sp³-hybridized carbons (Fsp3) is 0.588. The van der Waals surface area contributed by atoms with Gasteiger partial charge in [-0.15, -0.1) is 0 Å². The Morgan fingerprint density at radius 2 is 2.04 bits per heavy atom. The van der Waals surface area contributed by atoms with E-state index in [-0.39, 0.29) is 16.4 Å². The van der Waals surface area contributed by atoms with Crippen molar-refractivity contribution in [1.82, 2.24) is 9.62 Å². The predicted molar refractivity (Wildman–Crippen MR) is 96.0 cm³/mol. The van der Waals surface area contributed by atoms with E-state index in [1.807, 2.05) is 6.92 Å². The van der Waals surface area contributed by atoms with Gasteiger partial charge in [0.25, 0.3) is 5.91 Å². The summed E-state index contributed by atoms with van der Waals surface area (Å²) in [5.74, 6) is -0.0504. The van der Waals surface area contributed by atoms with Crippen LogP contribution in [0, 0.1) is 0 Å². The average Bonchev–Trinajstić information content (AvgIpc) is 2.67. The molecular formula is C17H26N2O6S. The third kappa shape index (κ3) is 5.16. The zero-order valence-corrected chi connectivity index (χ0v) is 16.0. The lowest BCUT2D eigenvalue weighted by molar-refractivity contribution is 0.0730. The molecule has 0 unspecified atom stereocenters. The van der Waals surface area contributed by atoms with Gasteiger partial charge in [-0.3, -0.25) is 4.79 Å². The number of hydrogen-bond donors (Lipinski definition) is 1. The molecule has 1 aliphatic rings. The van der Waals surface area contributed by atoms with E-state index in [4.69, 9.17) is 14.2 Å². The zero-order chi connectivity index (χ0) is 19.0. The highest BCUT2D eigenvalue weighted by Gasteiger charge is 2.27. The summed E-state index contributed by atoms with van der Waals surface area (Å²) < 4.78 is 42.6. The largest absolute Gasteiger partial charge is 0.496 e. The van der Waals surface area contributed by atoms with Crippen LogP contribution in [0.4, 0.5) is 0 Å². The van der Waals surface area contributed by atoms with Gasteiger partial charge in [-0.05, 0) is 31.5 Å². The normalized spacial score (nSPS) is 15.6. The van der Waals surface area contributed by atoms with Gasteiger partial charge in [0.05, 0.1) is 30.8 Å². The number of methoxy groups -OCH3 is 1. The van der Waals surface area contributed by atoms with E-state index >= 15 is 0 Å². The fourth-order valence-electron chi connectivity index (χ4n) is 2.58. The molecule has 2 rings (SSSR count). The van der Waals surface area contributed by atoms with Gasteiger partial charge in [0.2, 0.25) is 10.0 Å². The van der Waals surface area contributed by atoms with E-state index in [1.165, 1.54) is 29.6 Å². The minimum atomic E-state index is -3.68. The van der Waals surface area contributed by atoms with Gasteiger partial charge >= 0.3 is 0 Å². The standard InChI is InChI=1S/C17H26N2O6S/c1-3-24-10-4-7-18-17(20)15-13-14(5-6-16(15)23-2)26(21,22)19-8-11-25-12-9-19/h5-6,13H,3-4,7-12H2,1-2H3,(H,18,20). The highest BCUT2D eigenvalue weighted by molar-refractivity contribution is 7.89. The van der Waals surface area contributed by atoms with Crippen LogP contribution in [0.5, 0.6) is 5.75 Å². The van der Waals surface area contributed by atoms with E-state index in [9.17, 15) is 13.2 Å². The van der Waals surface area contributed by atoms with Gasteiger partial charge in [-0.2, -0.15) is 4.31 Å². The second kappa shape index (κ2) is 9.86. The second-order valence-corrected chi connectivity index (χ2v) is 7.62. The van der Waals surface area contributed by atoms with E-state index in [2.05, 4.69) is 5.32 Å². The summed E-state index contributed by atoms with van der Waals surface area (Å²) in [5, 5.41) is 2.76. The number of nitrogens with one attached hydrogen (secondary N) is 1. The molecule has 1 aliphatic heterocycles. The van der Waals surface area contributed by atoms with E-state index in [0.29, 0.717) is 58.2 Å². The van der Waals surface area contributed by atoms with Crippen LogP contribution < -0.4 is 10.1 Å². The summed E-state index contributed by atoms with van der Waals surface area (Å²) in [7, 11) is -2.24. The number of ether oxygens (including phenoxy) is 3. The number of morpholine rings is 1. The molecule has 1 amide bonds. The number of rotatable bonds is 9. The van der Waals surface area contributed by atoms with Gasteiger partial charge in [0.1, 0.15) is 5.75 Å². The molecular weight excluding hydrogens is 360 g/mol. The Morgan fingerprint density at radius 1 is 1.31 bits per heavy atom. The van der Waals surface area contributed by atoms with Crippen LogP contribution >= 0.6 is 0 Å². The van der Waals surface area contributed by atoms with Crippen LogP contribution in [-0.2, 0) is 19.5 Å². The lowest BCUT2D eigenvalue weighted by atomic mass is 10.2. The Labute approximate surface area is 154 Å². The maximum Gasteiger partial charge on any atom is 0.255 e. The SMILES string of the molecule is CCOCCCNC(=O)c1cc(S(=O)(=O)N2CCOCC2)ccc1OC. The monoisotopic (exact) mass is 386 g/mol. The molecule has 0 saturated carbocycles. The Kier molecular flexibility index (Phi) is 7.83. The number of benzene rings is 1. The highest BCUT2D eigenvalue weighted by Crippen LogP contribution is 2.25. The number of carbonyl (C=O) groups is 1. The van der Waals surface area contributed by atoms with Crippen molar-refractivity contribution in [1.29, 1.82) is 0 Å². The first-order valence-corrected chi connectivity index (χ1v) is 10.1. The lowest BCUT2D eigenvalue weighted by Gasteiger charge is -2.26. The number of hydrogen-bond acceptors (Lipinski definition) is 6. The summed E-state index contributed by atoms with van der Waals surface area (Å²) >= 11 is 0. The quantitative estimate of drug-likeness (QED) is 0.633. The summed E-state index contributed by atoms with van der Waals surface area (Å²) in [6.45, 7) is 4.85. The number of carbonyl (C=O) groups excluding carboxylic acids is 1. The summed E-state index contributed by atoms with van der Waals surface area (Å²) in [6, 6.07) is 4.32. The molecule has 0 radical (unpaired) electrons. The van der Waals surface area contributed by atoms with Crippen molar-refractivity contribution < 1.29 is 27.4 Å². The van der Waals surface area contributed by atoms with Crippen molar-refractivity contribution in [2.45, 2.75) is 18.2 Å². The molecule has 9 heteroatoms. The molecule has 0 spiro atoms. The minimum Gasteiger partial charge on any atom is -0.496 e. The Bertz CT molecular complexity index is 701. The molecule has 8 nitrogen and oxygen atoms in total. The van der Waals surface area contributed by atoms with Crippen LogP contribution in [0.25, 0.3) is 0 Å². The van der Waals surface area contributed by atoms with Crippen molar-refractivity contribution in [2.24, 2.45) is 0 Å². The molecule has 1 N–H and O–H groups in total. The summed E-state index contributed by atoms with van der Waals surface area (Å²) in [5.41, 5.74) is 0.193. The lowest BCUT2D eigenvalue weighted by Crippen LogP contribution is -2.40. The van der Waals surface area contributed by atoms with Crippen molar-refractivity contribution in [2.75, 3.05) is 53.2 Å². The summed E-state index contributed by atoms with van der Waals surface area (Å²) in [6.07, 6.45) is 0.674. The van der Waals surface area contributed by atoms with Crippen molar-refractivity contribution in [3.63, 3.8) is 0 Å². The zero-order valence-electron chi connectivity index (χ0n) is 15.2. The Balaban J connectivity index is 2.15. The molecule has 1 fully saturated rings. The number of amides is 1. The maximum absolute atomic E-state index is 12.8. The van der Waals surface area contributed by atoms with Crippen LogP contribution in [0.2, 0.25) is 0 Å². The Hall–Kier alpha value is -1.68. The predicted octanol–water partition coefficient (Wildman–Crippen LogP) is 0.873. The highest BCUT2D eigenvalue weighted by atomic mass is 32.2. The van der Waals surface area contributed by atoms with E-state index in [0.717, 1.165) is 0 Å². The first kappa shape index (κ1) is 20.6. The first-order chi connectivity index (χ1) is 12.5. The second-order valence-electron chi connectivity index (χ2n) is 5.68. The average molecular weight is 386 g/mol. The third-order valence-corrected chi connectivity index (χ3v) is 5.87. The van der Waals surface area contributed by atoms with E-state index in [1.54, 1.807) is 0 Å². The minimum absolute atomic E-state index is 0.0691. The molecule has 0 bridgehead atoms. The van der Waals surface area contributed by atoms with Crippen LogP contribution in [0.1, 0.15) is 23.7 Å². The van der Waals surface area contributed by atoms with Gasteiger partial charge in [-0.1, -0.05) is 0 Å². The number of sulfonamides is 1. The van der Waals surface area contributed by atoms with Gasteiger partial charge in [0, 0.05) is 32.8 Å². The molecule has 1 aromatic carbocycles. The van der Waals surface area contributed by atoms with Crippen molar-refractivity contribution >= 4 is 15.9 Å². The van der Waals surface area contributed by atoms with Crippen molar-refractivity contribution in [3.05, 3.63) is 23.8 Å². The van der Waals surface area contributed by atoms with E-state index < -0.39 is 10.0 Å². The smallest absolute Gasteiger partial charge is 0.255 e. The third-order valence-electron chi connectivity index (χ3n) is 3.98. The molecule has 0 aromatic heterocycles. The van der Waals surface area contributed by atoms with Crippen LogP contribution in [-0.4, -0.2) is 71.8 Å². The first-order valence-electron chi connectivity index (χ1n) is 8.62. The maximum atomic E-state index is 12.8.